The molecule has 1 atom stereocenters. The average Bonchev–Trinajstić information content (AvgIpc) is 3.40. The highest BCUT2D eigenvalue weighted by Crippen LogP contribution is 2.34. The lowest BCUT2D eigenvalue weighted by atomic mass is 10.1. The summed E-state index contributed by atoms with van der Waals surface area (Å²) in [5, 5.41) is 0.00796. The molecular formula is C21H22N4O4S. The molecule has 0 unspecified atom stereocenters. The third-order valence-corrected chi connectivity index (χ3v) is 6.48. The number of ether oxygens (including phenoxy) is 1. The molecule has 1 aliphatic rings. The molecule has 9 heteroatoms. The number of sulfonamides is 1. The maximum absolute atomic E-state index is 13.2. The van der Waals surface area contributed by atoms with Gasteiger partial charge in [0.05, 0.1) is 19.6 Å². The largest absolute Gasteiger partial charge is 0.497 e. The van der Waals surface area contributed by atoms with Crippen molar-refractivity contribution in [1.29, 1.82) is 0 Å². The number of rotatable bonds is 6. The van der Waals surface area contributed by atoms with E-state index in [4.69, 9.17) is 4.74 Å². The fourth-order valence-corrected chi connectivity index (χ4v) is 4.51. The van der Waals surface area contributed by atoms with Gasteiger partial charge in [0, 0.05) is 23.8 Å². The monoisotopic (exact) mass is 426 g/mol. The van der Waals surface area contributed by atoms with Crippen molar-refractivity contribution in [2.75, 3.05) is 12.0 Å². The molecule has 30 heavy (non-hydrogen) atoms. The quantitative estimate of drug-likeness (QED) is 0.630. The minimum atomic E-state index is -3.68. The third-order valence-electron chi connectivity index (χ3n) is 5.15. The lowest BCUT2D eigenvalue weighted by Crippen LogP contribution is -2.35. The van der Waals surface area contributed by atoms with Crippen LogP contribution in [0.2, 0.25) is 0 Å². The molecule has 156 valence electrons. The number of hydrogen-bond acceptors (Lipinski definition) is 5. The molecule has 0 saturated heterocycles. The van der Waals surface area contributed by atoms with Gasteiger partial charge in [-0.2, -0.15) is 0 Å². The Balaban J connectivity index is 1.56. The van der Waals surface area contributed by atoms with Crippen molar-refractivity contribution < 1.29 is 17.9 Å². The number of benzene rings is 2. The smallest absolute Gasteiger partial charge is 0.258 e. The van der Waals surface area contributed by atoms with Gasteiger partial charge in [0.1, 0.15) is 5.75 Å². The van der Waals surface area contributed by atoms with Crippen LogP contribution >= 0.6 is 0 Å². The molecule has 8 nitrogen and oxygen atoms in total. The fourth-order valence-electron chi connectivity index (χ4n) is 3.59. The summed E-state index contributed by atoms with van der Waals surface area (Å²) in [5.74, 6) is 0.590. The van der Waals surface area contributed by atoms with Crippen molar-refractivity contribution in [3.8, 4) is 5.75 Å². The van der Waals surface area contributed by atoms with Crippen LogP contribution in [-0.2, 0) is 23.0 Å². The van der Waals surface area contributed by atoms with Crippen molar-refractivity contribution in [2.45, 2.75) is 31.0 Å². The molecule has 0 saturated carbocycles. The van der Waals surface area contributed by atoms with Crippen molar-refractivity contribution >= 4 is 21.6 Å². The Morgan fingerprint density at radius 3 is 2.70 bits per heavy atom. The van der Waals surface area contributed by atoms with Gasteiger partial charge in [-0.15, -0.1) is 0 Å². The molecule has 4 rings (SSSR count). The van der Waals surface area contributed by atoms with Crippen LogP contribution in [0.25, 0.3) is 0 Å². The maximum atomic E-state index is 13.2. The van der Waals surface area contributed by atoms with Gasteiger partial charge in [-0.1, -0.05) is 12.1 Å². The number of carbonyl (C=O) groups excluding carboxylic acids is 1. The SMILES string of the molecule is COc1ccc(C(=O)N2c3cc(CNS(=O)(=O)c4cnc[nH]4)ccc3C[C@H]2C)cc1. The van der Waals surface area contributed by atoms with Gasteiger partial charge in [0.25, 0.3) is 15.9 Å². The van der Waals surface area contributed by atoms with E-state index in [9.17, 15) is 13.2 Å². The Hall–Kier alpha value is -3.17. The Labute approximate surface area is 175 Å². The minimum Gasteiger partial charge on any atom is -0.497 e. The zero-order valence-corrected chi connectivity index (χ0v) is 17.4. The zero-order chi connectivity index (χ0) is 21.3. The van der Waals surface area contributed by atoms with E-state index in [-0.39, 0.29) is 23.5 Å². The number of H-pyrrole nitrogens is 1. The lowest BCUT2D eigenvalue weighted by molar-refractivity contribution is 0.0981. The molecular weight excluding hydrogens is 404 g/mol. The molecule has 2 heterocycles. The van der Waals surface area contributed by atoms with E-state index in [1.807, 2.05) is 25.1 Å². The van der Waals surface area contributed by atoms with Crippen molar-refractivity contribution in [1.82, 2.24) is 14.7 Å². The van der Waals surface area contributed by atoms with Gasteiger partial charge >= 0.3 is 0 Å². The Morgan fingerprint density at radius 1 is 1.27 bits per heavy atom. The van der Waals surface area contributed by atoms with Crippen molar-refractivity contribution in [3.05, 3.63) is 71.7 Å². The number of methoxy groups -OCH3 is 1. The summed E-state index contributed by atoms with van der Waals surface area (Å²) in [6.45, 7) is 2.11. The van der Waals surface area contributed by atoms with Crippen molar-refractivity contribution in [3.63, 3.8) is 0 Å². The van der Waals surface area contributed by atoms with E-state index in [2.05, 4.69) is 14.7 Å². The van der Waals surface area contributed by atoms with Gasteiger partial charge in [-0.25, -0.2) is 18.1 Å². The normalized spacial score (nSPS) is 15.8. The highest BCUT2D eigenvalue weighted by molar-refractivity contribution is 7.89. The first-order valence-corrected chi connectivity index (χ1v) is 10.9. The van der Waals surface area contributed by atoms with E-state index in [0.29, 0.717) is 11.3 Å². The van der Waals surface area contributed by atoms with E-state index >= 15 is 0 Å². The highest BCUT2D eigenvalue weighted by Gasteiger charge is 2.31. The van der Waals surface area contributed by atoms with E-state index in [0.717, 1.165) is 23.2 Å². The number of amides is 1. The third kappa shape index (κ3) is 3.81. The maximum Gasteiger partial charge on any atom is 0.258 e. The second-order valence-electron chi connectivity index (χ2n) is 7.16. The van der Waals surface area contributed by atoms with E-state index < -0.39 is 10.0 Å². The van der Waals surface area contributed by atoms with Crippen LogP contribution < -0.4 is 14.4 Å². The van der Waals surface area contributed by atoms with Crippen LogP contribution in [0.3, 0.4) is 0 Å². The molecule has 1 aliphatic heterocycles. The van der Waals surface area contributed by atoms with Crippen LogP contribution in [-0.4, -0.2) is 37.4 Å². The summed E-state index contributed by atoms with van der Waals surface area (Å²) in [6.07, 6.45) is 3.31. The Bertz CT molecular complexity index is 1160. The van der Waals surface area contributed by atoms with E-state index in [1.54, 1.807) is 36.3 Å². The number of aromatic amines is 1. The summed E-state index contributed by atoms with van der Waals surface area (Å²) < 4.78 is 32.3. The molecule has 2 N–H and O–H groups in total. The summed E-state index contributed by atoms with van der Waals surface area (Å²) in [7, 11) is -2.10. The first-order valence-electron chi connectivity index (χ1n) is 9.46. The predicted octanol–water partition coefficient (Wildman–Crippen LogP) is 2.49. The Morgan fingerprint density at radius 2 is 2.03 bits per heavy atom. The van der Waals surface area contributed by atoms with Crippen LogP contribution in [0.15, 0.2) is 60.0 Å². The van der Waals surface area contributed by atoms with Crippen LogP contribution in [0.1, 0.15) is 28.4 Å². The molecule has 0 fully saturated rings. The summed E-state index contributed by atoms with van der Waals surface area (Å²) in [5.41, 5.74) is 3.20. The number of nitrogens with zero attached hydrogens (tertiary/aromatic N) is 2. The molecule has 3 aromatic rings. The molecule has 0 radical (unpaired) electrons. The van der Waals surface area contributed by atoms with Crippen LogP contribution in [0.5, 0.6) is 5.75 Å². The summed E-state index contributed by atoms with van der Waals surface area (Å²) >= 11 is 0. The van der Waals surface area contributed by atoms with Gasteiger partial charge in [0.2, 0.25) is 0 Å². The molecule has 1 aromatic heterocycles. The standard InChI is InChI=1S/C21H22N4O4S/c1-14-9-17-4-3-15(11-24-30(27,28)20-12-22-13-23-20)10-19(17)25(14)21(26)16-5-7-18(29-2)8-6-16/h3-8,10,12-14,24H,9,11H2,1-2H3,(H,22,23)/t14-/m1/s1. The van der Waals surface area contributed by atoms with Gasteiger partial charge in [0.15, 0.2) is 5.03 Å². The zero-order valence-electron chi connectivity index (χ0n) is 16.6. The summed E-state index contributed by atoms with van der Waals surface area (Å²) in [4.78, 5) is 21.3. The van der Waals surface area contributed by atoms with Crippen molar-refractivity contribution in [2.24, 2.45) is 0 Å². The predicted molar refractivity (Wildman–Crippen MR) is 112 cm³/mol. The molecule has 0 bridgehead atoms. The molecule has 2 aromatic carbocycles. The minimum absolute atomic E-state index is 0.00605. The van der Waals surface area contributed by atoms with Crippen LogP contribution in [0.4, 0.5) is 5.69 Å². The summed E-state index contributed by atoms with van der Waals surface area (Å²) in [6, 6.07) is 12.7. The average molecular weight is 426 g/mol. The second-order valence-corrected chi connectivity index (χ2v) is 8.90. The number of nitrogens with one attached hydrogen (secondary N) is 2. The van der Waals surface area contributed by atoms with Gasteiger partial charge in [-0.3, -0.25) is 4.79 Å². The highest BCUT2D eigenvalue weighted by atomic mass is 32.2. The Kier molecular flexibility index (Phi) is 5.31. The molecule has 0 spiro atoms. The first kappa shape index (κ1) is 20.1. The number of aromatic nitrogens is 2. The second kappa shape index (κ2) is 7.92. The lowest BCUT2D eigenvalue weighted by Gasteiger charge is -2.23. The number of anilines is 1. The number of carbonyl (C=O) groups is 1. The van der Waals surface area contributed by atoms with Crippen LogP contribution in [0, 0.1) is 0 Å². The fraction of sp³-hybridized carbons (Fsp3) is 0.238. The topological polar surface area (TPSA) is 104 Å². The van der Waals surface area contributed by atoms with E-state index in [1.165, 1.54) is 12.5 Å². The first-order chi connectivity index (χ1) is 14.4. The van der Waals surface area contributed by atoms with Gasteiger partial charge in [-0.05, 0) is 54.8 Å². The molecule has 0 aliphatic carbocycles. The number of imidazole rings is 1. The number of fused-ring (bicyclic) bond motifs is 1. The number of hydrogen-bond donors (Lipinski definition) is 2. The van der Waals surface area contributed by atoms with Gasteiger partial charge < -0.3 is 14.6 Å². The molecule has 1 amide bonds.